The van der Waals surface area contributed by atoms with Crippen molar-refractivity contribution < 1.29 is 4.79 Å². The predicted octanol–water partition coefficient (Wildman–Crippen LogP) is 3.59. The van der Waals surface area contributed by atoms with Crippen LogP contribution in [0, 0.1) is 0 Å². The van der Waals surface area contributed by atoms with E-state index in [4.69, 9.17) is 5.73 Å². The van der Waals surface area contributed by atoms with Gasteiger partial charge in [0, 0.05) is 11.7 Å². The minimum absolute atomic E-state index is 0.00835. The normalized spacial score (nSPS) is 13.3. The number of carbonyl (C=O) groups excluding carboxylic acids is 1. The molecule has 2 aromatic rings. The summed E-state index contributed by atoms with van der Waals surface area (Å²) in [4.78, 5) is 12.0. The highest BCUT2D eigenvalue weighted by Gasteiger charge is 2.09. The molecule has 2 unspecified atom stereocenters. The minimum Gasteiger partial charge on any atom is -0.331 e. The molecule has 0 saturated heterocycles. The van der Waals surface area contributed by atoms with Crippen molar-refractivity contribution in [2.75, 3.05) is 5.32 Å². The zero-order valence-corrected chi connectivity index (χ0v) is 12.3. The van der Waals surface area contributed by atoms with Crippen LogP contribution in [-0.2, 0) is 0 Å². The van der Waals surface area contributed by atoms with Gasteiger partial charge < -0.3 is 16.4 Å². The van der Waals surface area contributed by atoms with Crippen LogP contribution in [0.5, 0.6) is 0 Å². The van der Waals surface area contributed by atoms with E-state index in [9.17, 15) is 4.79 Å². The lowest BCUT2D eigenvalue weighted by atomic mass is 10.1. The van der Waals surface area contributed by atoms with Gasteiger partial charge in [-0.1, -0.05) is 42.5 Å². The minimum atomic E-state index is -0.222. The Balaban J connectivity index is 1.92. The summed E-state index contributed by atoms with van der Waals surface area (Å²) >= 11 is 0. The van der Waals surface area contributed by atoms with Crippen LogP contribution >= 0.6 is 0 Å². The van der Waals surface area contributed by atoms with Gasteiger partial charge in [0.05, 0.1) is 6.04 Å². The highest BCUT2D eigenvalue weighted by molar-refractivity contribution is 5.89. The summed E-state index contributed by atoms with van der Waals surface area (Å²) < 4.78 is 0. The molecule has 2 atom stereocenters. The van der Waals surface area contributed by atoms with Crippen molar-refractivity contribution in [3.8, 4) is 0 Å². The average molecular weight is 283 g/mol. The molecule has 0 aromatic heterocycles. The zero-order valence-electron chi connectivity index (χ0n) is 12.3. The van der Waals surface area contributed by atoms with Crippen LogP contribution in [0.15, 0.2) is 54.6 Å². The van der Waals surface area contributed by atoms with Gasteiger partial charge in [-0.3, -0.25) is 0 Å². The number of amides is 2. The maximum absolute atomic E-state index is 12.0. The Bertz CT molecular complexity index is 579. The Morgan fingerprint density at radius 3 is 2.14 bits per heavy atom. The molecule has 4 nitrogen and oxygen atoms in total. The monoisotopic (exact) mass is 283 g/mol. The van der Waals surface area contributed by atoms with Crippen molar-refractivity contribution in [1.82, 2.24) is 5.32 Å². The number of urea groups is 1. The number of carbonyl (C=O) groups is 1. The molecule has 0 saturated carbocycles. The number of nitrogens with two attached hydrogens (primary N) is 1. The van der Waals surface area contributed by atoms with Crippen molar-refractivity contribution in [2.24, 2.45) is 5.73 Å². The average Bonchev–Trinajstić information content (AvgIpc) is 2.48. The van der Waals surface area contributed by atoms with Gasteiger partial charge in [-0.2, -0.15) is 0 Å². The van der Waals surface area contributed by atoms with E-state index in [1.807, 2.05) is 68.4 Å². The third kappa shape index (κ3) is 4.33. The fourth-order valence-electron chi connectivity index (χ4n) is 2.06. The van der Waals surface area contributed by atoms with Gasteiger partial charge in [0.25, 0.3) is 0 Å². The van der Waals surface area contributed by atoms with E-state index >= 15 is 0 Å². The smallest absolute Gasteiger partial charge is 0.319 e. The number of rotatable bonds is 4. The first kappa shape index (κ1) is 15.1. The Hall–Kier alpha value is -2.33. The fourth-order valence-corrected chi connectivity index (χ4v) is 2.06. The molecule has 4 N–H and O–H groups in total. The third-order valence-corrected chi connectivity index (χ3v) is 3.34. The second kappa shape index (κ2) is 6.90. The summed E-state index contributed by atoms with van der Waals surface area (Å²) in [7, 11) is 0. The van der Waals surface area contributed by atoms with Gasteiger partial charge >= 0.3 is 6.03 Å². The van der Waals surface area contributed by atoms with E-state index in [-0.39, 0.29) is 18.1 Å². The molecule has 0 aliphatic carbocycles. The SMILES string of the molecule is CC(N)c1ccc(NC(=O)NC(C)c2ccccc2)cc1. The highest BCUT2D eigenvalue weighted by Crippen LogP contribution is 2.15. The fraction of sp³-hybridized carbons (Fsp3) is 0.235. The van der Waals surface area contributed by atoms with E-state index in [2.05, 4.69) is 10.6 Å². The van der Waals surface area contributed by atoms with Crippen molar-refractivity contribution in [3.63, 3.8) is 0 Å². The lowest BCUT2D eigenvalue weighted by molar-refractivity contribution is 0.249. The van der Waals surface area contributed by atoms with Crippen LogP contribution in [0.3, 0.4) is 0 Å². The van der Waals surface area contributed by atoms with E-state index in [0.717, 1.165) is 16.8 Å². The third-order valence-electron chi connectivity index (χ3n) is 3.34. The molecular formula is C17H21N3O. The predicted molar refractivity (Wildman–Crippen MR) is 86.1 cm³/mol. The van der Waals surface area contributed by atoms with Crippen LogP contribution in [0.4, 0.5) is 10.5 Å². The molecule has 0 heterocycles. The van der Waals surface area contributed by atoms with Crippen LogP contribution in [0.1, 0.15) is 37.1 Å². The largest absolute Gasteiger partial charge is 0.331 e. The van der Waals surface area contributed by atoms with Crippen LogP contribution in [-0.4, -0.2) is 6.03 Å². The molecule has 2 aromatic carbocycles. The van der Waals surface area contributed by atoms with Gasteiger partial charge in [-0.25, -0.2) is 4.79 Å². The molecule has 0 radical (unpaired) electrons. The second-order valence-electron chi connectivity index (χ2n) is 5.14. The summed E-state index contributed by atoms with van der Waals surface area (Å²) in [5.74, 6) is 0. The molecule has 0 spiro atoms. The number of benzene rings is 2. The molecule has 0 fully saturated rings. The lowest BCUT2D eigenvalue weighted by Crippen LogP contribution is -2.31. The van der Waals surface area contributed by atoms with E-state index in [1.165, 1.54) is 0 Å². The Morgan fingerprint density at radius 1 is 0.952 bits per heavy atom. The first-order valence-electron chi connectivity index (χ1n) is 7.04. The summed E-state index contributed by atoms with van der Waals surface area (Å²) in [6, 6.07) is 17.1. The highest BCUT2D eigenvalue weighted by atomic mass is 16.2. The molecule has 2 amide bonds. The molecule has 0 aliphatic heterocycles. The molecule has 4 heteroatoms. The van der Waals surface area contributed by atoms with Gasteiger partial charge in [-0.05, 0) is 37.1 Å². The van der Waals surface area contributed by atoms with Crippen molar-refractivity contribution in [3.05, 3.63) is 65.7 Å². The van der Waals surface area contributed by atoms with Gasteiger partial charge in [0.2, 0.25) is 0 Å². The quantitative estimate of drug-likeness (QED) is 0.802. The Kier molecular flexibility index (Phi) is 4.95. The van der Waals surface area contributed by atoms with Crippen LogP contribution in [0.25, 0.3) is 0 Å². The summed E-state index contributed by atoms with van der Waals surface area (Å²) in [6.45, 7) is 3.88. The second-order valence-corrected chi connectivity index (χ2v) is 5.14. The van der Waals surface area contributed by atoms with Crippen molar-refractivity contribution >= 4 is 11.7 Å². The molecular weight excluding hydrogens is 262 g/mol. The zero-order chi connectivity index (χ0) is 15.2. The molecule has 110 valence electrons. The van der Waals surface area contributed by atoms with Crippen LogP contribution in [0.2, 0.25) is 0 Å². The standard InChI is InChI=1S/C17H21N3O/c1-12(18)14-8-10-16(11-9-14)20-17(21)19-13(2)15-6-4-3-5-7-15/h3-13H,18H2,1-2H3,(H2,19,20,21). The number of hydrogen-bond donors (Lipinski definition) is 3. The first-order chi connectivity index (χ1) is 10.1. The van der Waals surface area contributed by atoms with E-state index in [0.29, 0.717) is 0 Å². The Labute approximate surface area is 125 Å². The van der Waals surface area contributed by atoms with Crippen molar-refractivity contribution in [2.45, 2.75) is 25.9 Å². The Morgan fingerprint density at radius 2 is 1.57 bits per heavy atom. The molecule has 21 heavy (non-hydrogen) atoms. The van der Waals surface area contributed by atoms with Gasteiger partial charge in [-0.15, -0.1) is 0 Å². The van der Waals surface area contributed by atoms with Crippen LogP contribution < -0.4 is 16.4 Å². The summed E-state index contributed by atoms with van der Waals surface area (Å²) in [5, 5.41) is 5.73. The molecule has 2 rings (SSSR count). The molecule has 0 bridgehead atoms. The van der Waals surface area contributed by atoms with Gasteiger partial charge in [0.1, 0.15) is 0 Å². The maximum atomic E-state index is 12.0. The number of anilines is 1. The van der Waals surface area contributed by atoms with Gasteiger partial charge in [0.15, 0.2) is 0 Å². The maximum Gasteiger partial charge on any atom is 0.319 e. The topological polar surface area (TPSA) is 67.1 Å². The van der Waals surface area contributed by atoms with E-state index in [1.54, 1.807) is 0 Å². The summed E-state index contributed by atoms with van der Waals surface area (Å²) in [6.07, 6.45) is 0. The number of nitrogens with one attached hydrogen (secondary N) is 2. The lowest BCUT2D eigenvalue weighted by Gasteiger charge is -2.15. The summed E-state index contributed by atoms with van der Waals surface area (Å²) in [5.41, 5.74) is 8.65. The van der Waals surface area contributed by atoms with E-state index < -0.39 is 0 Å². The van der Waals surface area contributed by atoms with Crippen molar-refractivity contribution in [1.29, 1.82) is 0 Å². The first-order valence-corrected chi connectivity index (χ1v) is 7.04. The molecule has 0 aliphatic rings. The number of hydrogen-bond acceptors (Lipinski definition) is 2.